The van der Waals surface area contributed by atoms with Gasteiger partial charge in [-0.2, -0.15) is 0 Å². The van der Waals surface area contributed by atoms with E-state index < -0.39 is 0 Å². The van der Waals surface area contributed by atoms with Crippen molar-refractivity contribution in [1.82, 2.24) is 10.3 Å². The van der Waals surface area contributed by atoms with Gasteiger partial charge in [0, 0.05) is 33.0 Å². The monoisotopic (exact) mass is 402 g/mol. The van der Waals surface area contributed by atoms with Gasteiger partial charge in [-0.05, 0) is 41.1 Å². The summed E-state index contributed by atoms with van der Waals surface area (Å²) in [5.74, 6) is -0.0820. The molecule has 0 aliphatic rings. The maximum absolute atomic E-state index is 12.0. The van der Waals surface area contributed by atoms with Crippen LogP contribution in [0.4, 0.5) is 0 Å². The van der Waals surface area contributed by atoms with Gasteiger partial charge in [-0.1, -0.05) is 15.9 Å². The van der Waals surface area contributed by atoms with E-state index in [0.717, 1.165) is 26.1 Å². The van der Waals surface area contributed by atoms with Crippen molar-refractivity contribution in [2.24, 2.45) is 0 Å². The molecule has 0 spiro atoms. The SMILES string of the molecule is Cc1csc(CCNC(=O)c2cc(Br)ccc2Br)n1. The van der Waals surface area contributed by atoms with Crippen molar-refractivity contribution in [2.45, 2.75) is 13.3 Å². The molecule has 1 aromatic carbocycles. The van der Waals surface area contributed by atoms with Crippen molar-refractivity contribution < 1.29 is 4.79 Å². The molecule has 0 saturated carbocycles. The summed E-state index contributed by atoms with van der Waals surface area (Å²) < 4.78 is 1.68. The Morgan fingerprint density at radius 2 is 2.21 bits per heavy atom. The smallest absolute Gasteiger partial charge is 0.252 e. The van der Waals surface area contributed by atoms with Crippen molar-refractivity contribution in [1.29, 1.82) is 0 Å². The standard InChI is InChI=1S/C13H12Br2N2OS/c1-8-7-19-12(17-8)4-5-16-13(18)10-6-9(14)2-3-11(10)15/h2-3,6-7H,4-5H2,1H3,(H,16,18). The number of carbonyl (C=O) groups excluding carboxylic acids is 1. The number of benzene rings is 1. The van der Waals surface area contributed by atoms with Gasteiger partial charge < -0.3 is 5.32 Å². The molecule has 0 fully saturated rings. The minimum atomic E-state index is -0.0820. The quantitative estimate of drug-likeness (QED) is 0.839. The molecule has 1 heterocycles. The molecule has 1 N–H and O–H groups in total. The van der Waals surface area contributed by atoms with Crippen LogP contribution >= 0.6 is 43.2 Å². The van der Waals surface area contributed by atoms with Gasteiger partial charge in [-0.3, -0.25) is 4.79 Å². The third-order valence-corrected chi connectivity index (χ3v) is 4.68. The first-order chi connectivity index (χ1) is 9.06. The highest BCUT2D eigenvalue weighted by Gasteiger charge is 2.10. The summed E-state index contributed by atoms with van der Waals surface area (Å²) in [5, 5.41) is 5.96. The largest absolute Gasteiger partial charge is 0.352 e. The van der Waals surface area contributed by atoms with E-state index in [0.29, 0.717) is 12.1 Å². The van der Waals surface area contributed by atoms with Crippen LogP contribution < -0.4 is 5.32 Å². The summed E-state index contributed by atoms with van der Waals surface area (Å²) in [6.45, 7) is 2.56. The van der Waals surface area contributed by atoms with Crippen molar-refractivity contribution in [3.05, 3.63) is 48.8 Å². The Hall–Kier alpha value is -0.720. The zero-order valence-corrected chi connectivity index (χ0v) is 14.2. The van der Waals surface area contributed by atoms with Crippen molar-refractivity contribution in [3.63, 3.8) is 0 Å². The molecule has 0 radical (unpaired) electrons. The van der Waals surface area contributed by atoms with Crippen LogP contribution in [0.1, 0.15) is 21.1 Å². The first-order valence-electron chi connectivity index (χ1n) is 5.70. The highest BCUT2D eigenvalue weighted by atomic mass is 79.9. The fourth-order valence-corrected chi connectivity index (χ4v) is 3.13. The minimum Gasteiger partial charge on any atom is -0.352 e. The lowest BCUT2D eigenvalue weighted by atomic mass is 10.2. The van der Waals surface area contributed by atoms with Gasteiger partial charge in [0.2, 0.25) is 0 Å². The van der Waals surface area contributed by atoms with E-state index >= 15 is 0 Å². The number of nitrogens with one attached hydrogen (secondary N) is 1. The second kappa shape index (κ2) is 6.63. The van der Waals surface area contributed by atoms with Gasteiger partial charge in [0.1, 0.15) is 0 Å². The van der Waals surface area contributed by atoms with E-state index in [1.165, 1.54) is 0 Å². The molecule has 2 aromatic rings. The number of carbonyl (C=O) groups is 1. The van der Waals surface area contributed by atoms with Gasteiger partial charge in [-0.25, -0.2) is 4.98 Å². The van der Waals surface area contributed by atoms with E-state index in [4.69, 9.17) is 0 Å². The molecule has 0 aliphatic heterocycles. The molecule has 100 valence electrons. The Labute approximate surface area is 132 Å². The van der Waals surface area contributed by atoms with Gasteiger partial charge in [0.15, 0.2) is 0 Å². The highest BCUT2D eigenvalue weighted by Crippen LogP contribution is 2.21. The summed E-state index contributed by atoms with van der Waals surface area (Å²) in [6, 6.07) is 5.54. The van der Waals surface area contributed by atoms with Crippen molar-refractivity contribution in [2.75, 3.05) is 6.54 Å². The zero-order valence-electron chi connectivity index (χ0n) is 10.2. The molecule has 2 rings (SSSR count). The van der Waals surface area contributed by atoms with Crippen LogP contribution in [0.2, 0.25) is 0 Å². The molecular formula is C13H12Br2N2OS. The Balaban J connectivity index is 1.92. The van der Waals surface area contributed by atoms with E-state index in [-0.39, 0.29) is 5.91 Å². The summed E-state index contributed by atoms with van der Waals surface area (Å²) in [7, 11) is 0. The molecule has 1 aromatic heterocycles. The lowest BCUT2D eigenvalue weighted by Gasteiger charge is -2.06. The molecule has 0 atom stereocenters. The second-order valence-electron chi connectivity index (χ2n) is 4.01. The highest BCUT2D eigenvalue weighted by molar-refractivity contribution is 9.11. The number of nitrogens with zero attached hydrogens (tertiary/aromatic N) is 1. The minimum absolute atomic E-state index is 0.0820. The van der Waals surface area contributed by atoms with Crippen LogP contribution in [0.15, 0.2) is 32.5 Å². The molecule has 0 bridgehead atoms. The summed E-state index contributed by atoms with van der Waals surface area (Å²) >= 11 is 8.37. The molecule has 0 unspecified atom stereocenters. The zero-order chi connectivity index (χ0) is 13.8. The van der Waals surface area contributed by atoms with Crippen molar-refractivity contribution >= 4 is 49.1 Å². The molecule has 6 heteroatoms. The number of hydrogen-bond acceptors (Lipinski definition) is 3. The summed E-state index contributed by atoms with van der Waals surface area (Å²) in [4.78, 5) is 16.4. The van der Waals surface area contributed by atoms with Crippen LogP contribution in [-0.2, 0) is 6.42 Å². The number of amides is 1. The fraction of sp³-hybridized carbons (Fsp3) is 0.231. The first-order valence-corrected chi connectivity index (χ1v) is 8.17. The van der Waals surface area contributed by atoms with E-state index in [1.807, 2.05) is 24.4 Å². The second-order valence-corrected chi connectivity index (χ2v) is 6.73. The maximum Gasteiger partial charge on any atom is 0.252 e. The molecule has 0 saturated heterocycles. The molecular weight excluding hydrogens is 392 g/mol. The van der Waals surface area contributed by atoms with Gasteiger partial charge >= 0.3 is 0 Å². The van der Waals surface area contributed by atoms with Crippen LogP contribution in [0.5, 0.6) is 0 Å². The Morgan fingerprint density at radius 3 is 2.89 bits per heavy atom. The Morgan fingerprint density at radius 1 is 1.42 bits per heavy atom. The normalized spacial score (nSPS) is 10.5. The predicted octanol–water partition coefficient (Wildman–Crippen LogP) is 3.95. The average Bonchev–Trinajstić information content (AvgIpc) is 2.78. The number of halogens is 2. The Bertz CT molecular complexity index is 598. The topological polar surface area (TPSA) is 42.0 Å². The molecule has 1 amide bonds. The number of rotatable bonds is 4. The number of thiazole rings is 1. The molecule has 3 nitrogen and oxygen atoms in total. The van der Waals surface area contributed by atoms with Crippen LogP contribution in [-0.4, -0.2) is 17.4 Å². The fourth-order valence-electron chi connectivity index (χ4n) is 1.57. The lowest BCUT2D eigenvalue weighted by Crippen LogP contribution is -2.26. The van der Waals surface area contributed by atoms with E-state index in [9.17, 15) is 4.79 Å². The van der Waals surface area contributed by atoms with Crippen molar-refractivity contribution in [3.8, 4) is 0 Å². The average molecular weight is 404 g/mol. The molecule has 0 aliphatic carbocycles. The van der Waals surface area contributed by atoms with Crippen LogP contribution in [0.25, 0.3) is 0 Å². The van der Waals surface area contributed by atoms with Gasteiger partial charge in [0.05, 0.1) is 10.6 Å². The number of hydrogen-bond donors (Lipinski definition) is 1. The molecule has 19 heavy (non-hydrogen) atoms. The number of aromatic nitrogens is 1. The summed E-state index contributed by atoms with van der Waals surface area (Å²) in [6.07, 6.45) is 0.760. The third kappa shape index (κ3) is 4.12. The van der Waals surface area contributed by atoms with Gasteiger partial charge in [-0.15, -0.1) is 11.3 Å². The van der Waals surface area contributed by atoms with E-state index in [1.54, 1.807) is 17.4 Å². The summed E-state index contributed by atoms with van der Waals surface area (Å²) in [5.41, 5.74) is 1.66. The van der Waals surface area contributed by atoms with E-state index in [2.05, 4.69) is 42.2 Å². The first kappa shape index (κ1) is 14.7. The maximum atomic E-state index is 12.0. The van der Waals surface area contributed by atoms with Crippen LogP contribution in [0.3, 0.4) is 0 Å². The lowest BCUT2D eigenvalue weighted by molar-refractivity contribution is 0.0953. The van der Waals surface area contributed by atoms with Gasteiger partial charge in [0.25, 0.3) is 5.91 Å². The number of aryl methyl sites for hydroxylation is 1. The Kier molecular flexibility index (Phi) is 5.13. The predicted molar refractivity (Wildman–Crippen MR) is 84.7 cm³/mol. The van der Waals surface area contributed by atoms with Crippen LogP contribution in [0, 0.1) is 6.92 Å². The third-order valence-electron chi connectivity index (χ3n) is 2.46.